The molecule has 0 aromatic heterocycles. The number of esters is 1. The van der Waals surface area contributed by atoms with E-state index in [-0.39, 0.29) is 25.0 Å². The molecule has 1 amide bonds. The van der Waals surface area contributed by atoms with Gasteiger partial charge in [-0.05, 0) is 20.8 Å². The molecule has 0 saturated carbocycles. The van der Waals surface area contributed by atoms with Gasteiger partial charge in [0.25, 0.3) is 0 Å². The first-order chi connectivity index (χ1) is 9.29. The van der Waals surface area contributed by atoms with Crippen LogP contribution < -0.4 is 5.32 Å². The summed E-state index contributed by atoms with van der Waals surface area (Å²) in [5.74, 6) is -0.769. The molecule has 0 radical (unpaired) electrons. The zero-order chi connectivity index (χ0) is 15.3. The standard InChI is InChI=1S/C13H24N2O5/c1-8(16)5-14-12(18)4-11-13(19)20-10(3)7-15(11)6-9(2)17/h8-11,16-17H,4-7H2,1-3H3,(H,14,18). The normalized spacial score (nSPS) is 26.8. The first kappa shape index (κ1) is 16.9. The number of carbonyl (C=O) groups is 2. The molecular formula is C13H24N2O5. The van der Waals surface area contributed by atoms with Gasteiger partial charge in [0.15, 0.2) is 0 Å². The number of nitrogens with zero attached hydrogens (tertiary/aromatic N) is 1. The lowest BCUT2D eigenvalue weighted by Crippen LogP contribution is -2.55. The third kappa shape index (κ3) is 5.44. The number of ether oxygens (including phenoxy) is 1. The maximum atomic E-state index is 11.9. The van der Waals surface area contributed by atoms with Gasteiger partial charge in [-0.15, -0.1) is 0 Å². The molecule has 20 heavy (non-hydrogen) atoms. The van der Waals surface area contributed by atoms with Gasteiger partial charge < -0.3 is 20.3 Å². The number of nitrogens with one attached hydrogen (secondary N) is 1. The van der Waals surface area contributed by atoms with E-state index in [1.165, 1.54) is 0 Å². The number of rotatable bonds is 6. The Morgan fingerprint density at radius 2 is 2.10 bits per heavy atom. The molecule has 0 aromatic carbocycles. The molecule has 7 heteroatoms. The SMILES string of the molecule is CC(O)CNC(=O)CC1C(=O)OC(C)CN1CC(C)O. The summed E-state index contributed by atoms with van der Waals surface area (Å²) in [4.78, 5) is 25.4. The number of aliphatic hydroxyl groups is 2. The number of aliphatic hydroxyl groups excluding tert-OH is 2. The summed E-state index contributed by atoms with van der Waals surface area (Å²) in [6.45, 7) is 5.93. The fraction of sp³-hybridized carbons (Fsp3) is 0.846. The van der Waals surface area contributed by atoms with Gasteiger partial charge in [0.2, 0.25) is 5.91 Å². The van der Waals surface area contributed by atoms with Gasteiger partial charge >= 0.3 is 5.97 Å². The highest BCUT2D eigenvalue weighted by molar-refractivity contribution is 5.85. The van der Waals surface area contributed by atoms with E-state index in [9.17, 15) is 14.7 Å². The van der Waals surface area contributed by atoms with Gasteiger partial charge in [0, 0.05) is 19.6 Å². The molecule has 1 fully saturated rings. The van der Waals surface area contributed by atoms with Crippen molar-refractivity contribution in [2.45, 2.75) is 51.5 Å². The fourth-order valence-electron chi connectivity index (χ4n) is 2.18. The third-order valence-electron chi connectivity index (χ3n) is 2.99. The van der Waals surface area contributed by atoms with Crippen LogP contribution in [0.3, 0.4) is 0 Å². The van der Waals surface area contributed by atoms with E-state index in [2.05, 4.69) is 5.32 Å². The van der Waals surface area contributed by atoms with Crippen molar-refractivity contribution < 1.29 is 24.5 Å². The Balaban J connectivity index is 2.61. The van der Waals surface area contributed by atoms with E-state index in [4.69, 9.17) is 9.84 Å². The van der Waals surface area contributed by atoms with Crippen LogP contribution >= 0.6 is 0 Å². The molecule has 4 atom stereocenters. The summed E-state index contributed by atoms with van der Waals surface area (Å²) in [5, 5.41) is 21.1. The molecule has 0 spiro atoms. The van der Waals surface area contributed by atoms with Crippen molar-refractivity contribution in [2.24, 2.45) is 0 Å². The second-order valence-electron chi connectivity index (χ2n) is 5.42. The van der Waals surface area contributed by atoms with Crippen molar-refractivity contribution in [1.29, 1.82) is 0 Å². The maximum Gasteiger partial charge on any atom is 0.324 e. The molecule has 4 unspecified atom stereocenters. The molecular weight excluding hydrogens is 264 g/mol. The lowest BCUT2D eigenvalue weighted by atomic mass is 10.1. The smallest absolute Gasteiger partial charge is 0.324 e. The number of carbonyl (C=O) groups excluding carboxylic acids is 2. The number of amides is 1. The van der Waals surface area contributed by atoms with Crippen LogP contribution in [0.5, 0.6) is 0 Å². The van der Waals surface area contributed by atoms with Crippen LogP contribution in [-0.4, -0.2) is 71.0 Å². The highest BCUT2D eigenvalue weighted by Crippen LogP contribution is 2.16. The Morgan fingerprint density at radius 3 is 2.65 bits per heavy atom. The minimum absolute atomic E-state index is 0.0367. The number of morpholine rings is 1. The largest absolute Gasteiger partial charge is 0.460 e. The van der Waals surface area contributed by atoms with Crippen molar-refractivity contribution in [3.05, 3.63) is 0 Å². The Hall–Kier alpha value is -1.18. The number of β-amino-alcohol motifs (C(OH)–C–C–N with tert-alkyl or cyclic N) is 1. The van der Waals surface area contributed by atoms with E-state index >= 15 is 0 Å². The number of hydrogen-bond donors (Lipinski definition) is 3. The van der Waals surface area contributed by atoms with Crippen LogP contribution in [0.25, 0.3) is 0 Å². The third-order valence-corrected chi connectivity index (χ3v) is 2.99. The minimum atomic E-state index is -0.685. The summed E-state index contributed by atoms with van der Waals surface area (Å²) in [5.41, 5.74) is 0. The molecule has 1 saturated heterocycles. The summed E-state index contributed by atoms with van der Waals surface area (Å²) in [6.07, 6.45) is -1.51. The van der Waals surface area contributed by atoms with E-state index < -0.39 is 24.2 Å². The first-order valence-corrected chi connectivity index (χ1v) is 6.87. The number of cyclic esters (lactones) is 1. The topological polar surface area (TPSA) is 99.1 Å². The van der Waals surface area contributed by atoms with Crippen molar-refractivity contribution in [2.75, 3.05) is 19.6 Å². The molecule has 0 bridgehead atoms. The van der Waals surface area contributed by atoms with Crippen molar-refractivity contribution in [1.82, 2.24) is 10.2 Å². The van der Waals surface area contributed by atoms with Crippen LogP contribution in [0, 0.1) is 0 Å². The van der Waals surface area contributed by atoms with Crippen LogP contribution in [-0.2, 0) is 14.3 Å². The van der Waals surface area contributed by atoms with E-state index in [1.807, 2.05) is 0 Å². The molecule has 0 aromatic rings. The van der Waals surface area contributed by atoms with E-state index in [0.717, 1.165) is 0 Å². The van der Waals surface area contributed by atoms with Gasteiger partial charge in [0.1, 0.15) is 12.1 Å². The average Bonchev–Trinajstić information content (AvgIpc) is 2.30. The average molecular weight is 288 g/mol. The Bertz CT molecular complexity index is 344. The zero-order valence-electron chi connectivity index (χ0n) is 12.2. The minimum Gasteiger partial charge on any atom is -0.460 e. The van der Waals surface area contributed by atoms with Crippen LogP contribution in [0.4, 0.5) is 0 Å². The summed E-state index contributed by atoms with van der Waals surface area (Å²) >= 11 is 0. The van der Waals surface area contributed by atoms with Crippen molar-refractivity contribution >= 4 is 11.9 Å². The summed E-state index contributed by atoms with van der Waals surface area (Å²) in [6, 6.07) is -0.685. The second-order valence-corrected chi connectivity index (χ2v) is 5.42. The molecule has 0 aliphatic carbocycles. The van der Waals surface area contributed by atoms with Crippen molar-refractivity contribution in [3.63, 3.8) is 0 Å². The Labute approximate surface area is 118 Å². The van der Waals surface area contributed by atoms with Crippen LogP contribution in [0.15, 0.2) is 0 Å². The Morgan fingerprint density at radius 1 is 1.45 bits per heavy atom. The maximum absolute atomic E-state index is 11.9. The number of hydrogen-bond acceptors (Lipinski definition) is 6. The summed E-state index contributed by atoms with van der Waals surface area (Å²) < 4.78 is 5.15. The lowest BCUT2D eigenvalue weighted by Gasteiger charge is -2.37. The highest BCUT2D eigenvalue weighted by atomic mass is 16.5. The van der Waals surface area contributed by atoms with Gasteiger partial charge in [-0.1, -0.05) is 0 Å². The van der Waals surface area contributed by atoms with Gasteiger partial charge in [-0.2, -0.15) is 0 Å². The van der Waals surface area contributed by atoms with Crippen LogP contribution in [0.1, 0.15) is 27.2 Å². The van der Waals surface area contributed by atoms with Gasteiger partial charge in [-0.25, -0.2) is 0 Å². The molecule has 3 N–H and O–H groups in total. The second kappa shape index (κ2) is 7.56. The van der Waals surface area contributed by atoms with Crippen LogP contribution in [0.2, 0.25) is 0 Å². The molecule has 116 valence electrons. The quantitative estimate of drug-likeness (QED) is 0.535. The van der Waals surface area contributed by atoms with Gasteiger partial charge in [0.05, 0.1) is 18.6 Å². The lowest BCUT2D eigenvalue weighted by molar-refractivity contribution is -0.167. The Kier molecular flexibility index (Phi) is 6.38. The molecule has 1 aliphatic rings. The first-order valence-electron chi connectivity index (χ1n) is 6.87. The predicted molar refractivity (Wildman–Crippen MR) is 71.9 cm³/mol. The highest BCUT2D eigenvalue weighted by Gasteiger charge is 2.36. The monoisotopic (exact) mass is 288 g/mol. The molecule has 1 rings (SSSR count). The van der Waals surface area contributed by atoms with E-state index in [0.29, 0.717) is 13.1 Å². The van der Waals surface area contributed by atoms with Crippen molar-refractivity contribution in [3.8, 4) is 0 Å². The molecule has 7 nitrogen and oxygen atoms in total. The zero-order valence-corrected chi connectivity index (χ0v) is 12.2. The van der Waals surface area contributed by atoms with E-state index in [1.54, 1.807) is 25.7 Å². The molecule has 1 heterocycles. The summed E-state index contributed by atoms with van der Waals surface area (Å²) in [7, 11) is 0. The fourth-order valence-corrected chi connectivity index (χ4v) is 2.18. The predicted octanol–water partition coefficient (Wildman–Crippen LogP) is -1.13. The molecule has 1 aliphatic heterocycles. The van der Waals surface area contributed by atoms with Gasteiger partial charge in [-0.3, -0.25) is 14.5 Å².